The van der Waals surface area contributed by atoms with Gasteiger partial charge in [-0.3, -0.25) is 0 Å². The van der Waals surface area contributed by atoms with Crippen LogP contribution in [0.2, 0.25) is 0 Å². The topological polar surface area (TPSA) is 42.9 Å². The van der Waals surface area contributed by atoms with Crippen molar-refractivity contribution in [3.05, 3.63) is 176 Å². The molecule has 218 valence electrons. The highest BCUT2D eigenvalue weighted by Crippen LogP contribution is 2.43. The first-order valence-corrected chi connectivity index (χ1v) is 17.1. The Morgan fingerprint density at radius 2 is 0.804 bits per heavy atom. The van der Waals surface area contributed by atoms with Gasteiger partial charge in [-0.05, 0) is 45.8 Å². The second kappa shape index (κ2) is 11.7. The Morgan fingerprint density at radius 3 is 1.33 bits per heavy atom. The summed E-state index contributed by atoms with van der Waals surface area (Å²) in [7, 11) is -3.17. The molecule has 0 radical (unpaired) electrons. The molecule has 46 heavy (non-hydrogen) atoms. The third-order valence-electron chi connectivity index (χ3n) is 8.52. The van der Waals surface area contributed by atoms with Crippen LogP contribution in [-0.4, -0.2) is 9.97 Å². The highest BCUT2D eigenvalue weighted by molar-refractivity contribution is 7.85. The Morgan fingerprint density at radius 1 is 0.348 bits per heavy atom. The van der Waals surface area contributed by atoms with Gasteiger partial charge in [-0.2, -0.15) is 0 Å². The molecule has 7 aromatic carbocycles. The van der Waals surface area contributed by atoms with Gasteiger partial charge in [0.25, 0.3) is 0 Å². The van der Waals surface area contributed by atoms with E-state index in [1.54, 1.807) is 0 Å². The van der Waals surface area contributed by atoms with Crippen LogP contribution in [-0.2, 0) is 4.57 Å². The zero-order valence-electron chi connectivity index (χ0n) is 25.0. The minimum Gasteiger partial charge on any atom is -0.309 e. The van der Waals surface area contributed by atoms with E-state index in [0.717, 1.165) is 54.8 Å². The highest BCUT2D eigenvalue weighted by Gasteiger charge is 2.30. The van der Waals surface area contributed by atoms with E-state index >= 15 is 4.57 Å². The van der Waals surface area contributed by atoms with Gasteiger partial charge >= 0.3 is 0 Å². The molecule has 0 unspecified atom stereocenters. The van der Waals surface area contributed by atoms with E-state index in [1.807, 2.05) is 84.9 Å². The molecular weight excluding hydrogens is 579 g/mol. The van der Waals surface area contributed by atoms with Crippen LogP contribution in [0, 0.1) is 0 Å². The minimum atomic E-state index is -3.17. The lowest BCUT2D eigenvalue weighted by molar-refractivity contribution is 0.592. The van der Waals surface area contributed by atoms with Crippen molar-refractivity contribution in [1.29, 1.82) is 0 Å². The van der Waals surface area contributed by atoms with Gasteiger partial charge in [-0.15, -0.1) is 0 Å². The number of fused-ring (bicyclic) bond motifs is 2. The predicted molar refractivity (Wildman–Crippen MR) is 193 cm³/mol. The highest BCUT2D eigenvalue weighted by atomic mass is 31.2. The van der Waals surface area contributed by atoms with Gasteiger partial charge in [0.15, 0.2) is 13.0 Å². The molecule has 0 saturated carbocycles. The molecule has 0 aliphatic rings. The van der Waals surface area contributed by atoms with Crippen LogP contribution in [0.1, 0.15) is 0 Å². The average molecular weight is 609 g/mol. The van der Waals surface area contributed by atoms with Crippen molar-refractivity contribution in [3.8, 4) is 33.9 Å². The molecule has 0 aliphatic carbocycles. The van der Waals surface area contributed by atoms with E-state index in [1.165, 1.54) is 10.8 Å². The fraction of sp³-hybridized carbons (Fsp3) is 0. The molecular formula is C42H29N2OP. The molecule has 0 atom stereocenters. The molecule has 0 fully saturated rings. The van der Waals surface area contributed by atoms with Gasteiger partial charge in [0.1, 0.15) is 0 Å². The van der Waals surface area contributed by atoms with E-state index in [2.05, 4.69) is 91.0 Å². The van der Waals surface area contributed by atoms with Crippen molar-refractivity contribution in [2.45, 2.75) is 0 Å². The van der Waals surface area contributed by atoms with Gasteiger partial charge in [0, 0.05) is 32.6 Å². The van der Waals surface area contributed by atoms with Crippen LogP contribution in [0.15, 0.2) is 176 Å². The normalized spacial score (nSPS) is 11.6. The van der Waals surface area contributed by atoms with Gasteiger partial charge in [-0.1, -0.05) is 152 Å². The quantitative estimate of drug-likeness (QED) is 0.177. The summed E-state index contributed by atoms with van der Waals surface area (Å²) in [6.45, 7) is 0. The molecule has 0 N–H and O–H groups in total. The van der Waals surface area contributed by atoms with Crippen LogP contribution in [0.4, 0.5) is 0 Å². The van der Waals surface area contributed by atoms with Crippen LogP contribution < -0.4 is 15.9 Å². The van der Waals surface area contributed by atoms with Crippen LogP contribution in [0.5, 0.6) is 0 Å². The molecule has 0 aliphatic heterocycles. The Labute approximate surface area is 268 Å². The van der Waals surface area contributed by atoms with Crippen LogP contribution in [0.25, 0.3) is 55.4 Å². The van der Waals surface area contributed by atoms with Gasteiger partial charge in [0.05, 0.1) is 11.4 Å². The summed E-state index contributed by atoms with van der Waals surface area (Å²) in [6, 6.07) is 59.1. The smallest absolute Gasteiger partial charge is 0.171 e. The third kappa shape index (κ3) is 5.11. The van der Waals surface area contributed by atoms with E-state index < -0.39 is 7.14 Å². The molecule has 1 heterocycles. The van der Waals surface area contributed by atoms with Crippen molar-refractivity contribution in [1.82, 2.24) is 9.97 Å². The van der Waals surface area contributed by atoms with Crippen molar-refractivity contribution < 1.29 is 4.57 Å². The summed E-state index contributed by atoms with van der Waals surface area (Å²) in [5.74, 6) is 0.586. The molecule has 3 nitrogen and oxygen atoms in total. The molecule has 0 saturated heterocycles. The first-order chi connectivity index (χ1) is 22.6. The minimum absolute atomic E-state index is 0.586. The zero-order valence-corrected chi connectivity index (χ0v) is 25.9. The Hall–Kier alpha value is -5.63. The number of hydrogen-bond acceptors (Lipinski definition) is 3. The van der Waals surface area contributed by atoms with Gasteiger partial charge in [-0.25, -0.2) is 9.97 Å². The standard InChI is InChI=1S/C42H29N2OP/c45-46(37-17-3-1-4-18-37,38-19-5-2-6-20-38)39-21-11-16-36(28-39)42-43-40(34-24-22-30-12-7-9-14-32(30)26-34)29-41(44-42)35-25-23-31-13-8-10-15-33(31)27-35/h1-29H. The van der Waals surface area contributed by atoms with Crippen LogP contribution >= 0.6 is 7.14 Å². The summed E-state index contributed by atoms with van der Waals surface area (Å²) in [5, 5.41) is 7.00. The second-order valence-corrected chi connectivity index (χ2v) is 14.2. The monoisotopic (exact) mass is 608 g/mol. The number of benzene rings is 7. The molecule has 0 spiro atoms. The summed E-state index contributed by atoms with van der Waals surface area (Å²) < 4.78 is 15.2. The average Bonchev–Trinajstić information content (AvgIpc) is 3.14. The number of nitrogens with zero attached hydrogens (tertiary/aromatic N) is 2. The molecule has 4 heteroatoms. The Bertz CT molecular complexity index is 2260. The van der Waals surface area contributed by atoms with Crippen molar-refractivity contribution >= 4 is 44.6 Å². The summed E-state index contributed by atoms with van der Waals surface area (Å²) >= 11 is 0. The SMILES string of the molecule is O=P(c1ccccc1)(c1ccccc1)c1cccc(-c2nc(-c3ccc4ccccc4c3)cc(-c3ccc4ccccc4c3)n2)c1. The second-order valence-electron chi connectivity index (χ2n) is 11.4. The fourth-order valence-electron chi connectivity index (χ4n) is 6.13. The van der Waals surface area contributed by atoms with E-state index in [9.17, 15) is 0 Å². The third-order valence-corrected chi connectivity index (χ3v) is 11.6. The maximum absolute atomic E-state index is 15.2. The molecule has 0 bridgehead atoms. The maximum Gasteiger partial charge on any atom is 0.171 e. The fourth-order valence-corrected chi connectivity index (χ4v) is 8.83. The van der Waals surface area contributed by atoms with E-state index in [-0.39, 0.29) is 0 Å². The van der Waals surface area contributed by atoms with E-state index in [4.69, 9.17) is 9.97 Å². The summed E-state index contributed by atoms with van der Waals surface area (Å²) in [5.41, 5.74) is 4.51. The first kappa shape index (κ1) is 27.9. The van der Waals surface area contributed by atoms with E-state index in [0.29, 0.717) is 5.82 Å². The maximum atomic E-state index is 15.2. The van der Waals surface area contributed by atoms with Crippen LogP contribution in [0.3, 0.4) is 0 Å². The lowest BCUT2D eigenvalue weighted by atomic mass is 10.0. The zero-order chi connectivity index (χ0) is 30.9. The lowest BCUT2D eigenvalue weighted by Crippen LogP contribution is -2.25. The van der Waals surface area contributed by atoms with Crippen molar-refractivity contribution in [2.75, 3.05) is 0 Å². The molecule has 1 aromatic heterocycles. The molecule has 8 aromatic rings. The van der Waals surface area contributed by atoms with Crippen molar-refractivity contribution in [2.24, 2.45) is 0 Å². The van der Waals surface area contributed by atoms with Gasteiger partial charge < -0.3 is 4.57 Å². The number of rotatable bonds is 6. The lowest BCUT2D eigenvalue weighted by Gasteiger charge is -2.20. The van der Waals surface area contributed by atoms with Gasteiger partial charge in [0.2, 0.25) is 0 Å². The molecule has 8 rings (SSSR count). The Balaban J connectivity index is 1.32. The number of aromatic nitrogens is 2. The Kier molecular flexibility index (Phi) is 7.10. The molecule has 0 amide bonds. The predicted octanol–water partition coefficient (Wildman–Crippen LogP) is 9.42. The van der Waals surface area contributed by atoms with Crippen molar-refractivity contribution in [3.63, 3.8) is 0 Å². The summed E-state index contributed by atoms with van der Waals surface area (Å²) in [6.07, 6.45) is 0. The first-order valence-electron chi connectivity index (χ1n) is 15.3. The summed E-state index contributed by atoms with van der Waals surface area (Å²) in [4.78, 5) is 10.3. The largest absolute Gasteiger partial charge is 0.309 e. The number of hydrogen-bond donors (Lipinski definition) is 0.